The van der Waals surface area contributed by atoms with Crippen LogP contribution in [0.2, 0.25) is 0 Å². The van der Waals surface area contributed by atoms with E-state index in [0.29, 0.717) is 22.2 Å². The van der Waals surface area contributed by atoms with Crippen molar-refractivity contribution < 1.29 is 14.0 Å². The predicted molar refractivity (Wildman–Crippen MR) is 112 cm³/mol. The van der Waals surface area contributed by atoms with Gasteiger partial charge in [-0.2, -0.15) is 4.98 Å². The van der Waals surface area contributed by atoms with E-state index in [1.54, 1.807) is 25.3 Å². The van der Waals surface area contributed by atoms with Gasteiger partial charge >= 0.3 is 0 Å². The van der Waals surface area contributed by atoms with E-state index in [-0.39, 0.29) is 29.0 Å². The Morgan fingerprint density at radius 3 is 2.57 bits per heavy atom. The number of rotatable bonds is 4. The molecule has 2 N–H and O–H groups in total. The number of benzene rings is 1. The first-order chi connectivity index (χ1) is 14.1. The number of hydrogen-bond donors (Lipinski definition) is 2. The first kappa shape index (κ1) is 20.0. The van der Waals surface area contributed by atoms with Crippen molar-refractivity contribution in [2.24, 2.45) is 0 Å². The summed E-state index contributed by atoms with van der Waals surface area (Å²) in [5, 5.41) is 6.22. The molecule has 1 aromatic carbocycles. The fraction of sp³-hybridized carbons (Fsp3) is 0.364. The fourth-order valence-electron chi connectivity index (χ4n) is 3.16. The standard InChI is InChI=1S/C22H24FN5O2/c1-12-5-6-13(9-17(12)23)19(29)27-21-24-10-15-16(20(30)25-14-7-8-14)11-28(18(15)26-21)22(2,3)4/h5-6,9-11,14H,7-8H2,1-4H3,(H,25,30)(H,24,26,27,29). The summed E-state index contributed by atoms with van der Waals surface area (Å²) in [6, 6.07) is 4.51. The summed E-state index contributed by atoms with van der Waals surface area (Å²) in [6.07, 6.45) is 5.31. The molecule has 7 nitrogen and oxygen atoms in total. The smallest absolute Gasteiger partial charge is 0.258 e. The number of nitrogens with one attached hydrogen (secondary N) is 2. The Labute approximate surface area is 173 Å². The molecule has 1 fully saturated rings. The van der Waals surface area contributed by atoms with Crippen LogP contribution < -0.4 is 10.6 Å². The second-order valence-electron chi connectivity index (χ2n) is 8.68. The molecule has 1 saturated carbocycles. The number of hydrogen-bond acceptors (Lipinski definition) is 4. The maximum atomic E-state index is 13.8. The van der Waals surface area contributed by atoms with Crippen LogP contribution in [0.4, 0.5) is 10.3 Å². The Balaban J connectivity index is 1.69. The molecule has 0 aliphatic heterocycles. The van der Waals surface area contributed by atoms with Gasteiger partial charge in [-0.15, -0.1) is 0 Å². The number of aryl methyl sites for hydroxylation is 1. The van der Waals surface area contributed by atoms with E-state index in [2.05, 4.69) is 20.6 Å². The average molecular weight is 409 g/mol. The molecule has 0 unspecified atom stereocenters. The van der Waals surface area contributed by atoms with Crippen LogP contribution in [0.5, 0.6) is 0 Å². The number of carbonyl (C=O) groups excluding carboxylic acids is 2. The van der Waals surface area contributed by atoms with Gasteiger partial charge < -0.3 is 9.88 Å². The van der Waals surface area contributed by atoms with Gasteiger partial charge in [0.15, 0.2) is 0 Å². The Morgan fingerprint density at radius 2 is 1.93 bits per heavy atom. The van der Waals surface area contributed by atoms with Crippen LogP contribution in [0, 0.1) is 12.7 Å². The molecule has 0 atom stereocenters. The molecule has 2 amide bonds. The molecule has 1 aliphatic rings. The fourth-order valence-corrected chi connectivity index (χ4v) is 3.16. The minimum absolute atomic E-state index is 0.0891. The van der Waals surface area contributed by atoms with Crippen LogP contribution >= 0.6 is 0 Å². The molecule has 0 bridgehead atoms. The zero-order valence-electron chi connectivity index (χ0n) is 17.4. The highest BCUT2D eigenvalue weighted by atomic mass is 19.1. The summed E-state index contributed by atoms with van der Waals surface area (Å²) in [6.45, 7) is 7.64. The number of amides is 2. The third-order valence-electron chi connectivity index (χ3n) is 5.08. The molecular formula is C22H24FN5O2. The molecule has 0 spiro atoms. The second kappa shape index (κ2) is 7.19. The number of anilines is 1. The van der Waals surface area contributed by atoms with Gasteiger partial charge in [-0.1, -0.05) is 6.07 Å². The van der Waals surface area contributed by atoms with Crippen LogP contribution in [0.1, 0.15) is 59.9 Å². The highest BCUT2D eigenvalue weighted by molar-refractivity contribution is 6.07. The highest BCUT2D eigenvalue weighted by Crippen LogP contribution is 2.28. The lowest BCUT2D eigenvalue weighted by Crippen LogP contribution is -2.25. The molecule has 156 valence electrons. The van der Waals surface area contributed by atoms with Gasteiger partial charge in [0.05, 0.1) is 10.9 Å². The van der Waals surface area contributed by atoms with Crippen LogP contribution in [-0.2, 0) is 5.54 Å². The predicted octanol–water partition coefficient (Wildman–Crippen LogP) is 3.78. The number of nitrogens with zero attached hydrogens (tertiary/aromatic N) is 3. The van der Waals surface area contributed by atoms with Gasteiger partial charge in [0.25, 0.3) is 11.8 Å². The van der Waals surface area contributed by atoms with Crippen molar-refractivity contribution in [2.45, 2.75) is 52.1 Å². The molecule has 0 saturated heterocycles. The maximum Gasteiger partial charge on any atom is 0.258 e. The highest BCUT2D eigenvalue weighted by Gasteiger charge is 2.28. The summed E-state index contributed by atoms with van der Waals surface area (Å²) in [4.78, 5) is 33.9. The zero-order chi connectivity index (χ0) is 21.6. The van der Waals surface area contributed by atoms with Gasteiger partial charge in [-0.05, 0) is 58.2 Å². The molecule has 4 rings (SSSR count). The van der Waals surface area contributed by atoms with Gasteiger partial charge in [0.2, 0.25) is 5.95 Å². The lowest BCUT2D eigenvalue weighted by Gasteiger charge is -2.22. The summed E-state index contributed by atoms with van der Waals surface area (Å²) in [5.41, 5.74) is 1.35. The normalized spacial score (nSPS) is 14.0. The first-order valence-electron chi connectivity index (χ1n) is 9.90. The maximum absolute atomic E-state index is 13.8. The van der Waals surface area contributed by atoms with Crippen LogP contribution in [0.15, 0.2) is 30.6 Å². The molecule has 0 radical (unpaired) electrons. The summed E-state index contributed by atoms with van der Waals surface area (Å²) in [5.74, 6) is -1.02. The summed E-state index contributed by atoms with van der Waals surface area (Å²) in [7, 11) is 0. The lowest BCUT2D eigenvalue weighted by molar-refractivity contribution is 0.0951. The molecule has 1 aliphatic carbocycles. The van der Waals surface area contributed by atoms with Crippen molar-refractivity contribution in [3.8, 4) is 0 Å². The molecule has 2 heterocycles. The monoisotopic (exact) mass is 409 g/mol. The van der Waals surface area contributed by atoms with E-state index in [9.17, 15) is 14.0 Å². The SMILES string of the molecule is Cc1ccc(C(=O)Nc2ncc3c(C(=O)NC4CC4)cn(C(C)(C)C)c3n2)cc1F. The summed E-state index contributed by atoms with van der Waals surface area (Å²) < 4.78 is 15.7. The van der Waals surface area contributed by atoms with E-state index in [1.165, 1.54) is 12.3 Å². The molecule has 3 aromatic rings. The zero-order valence-corrected chi connectivity index (χ0v) is 17.4. The molecule has 30 heavy (non-hydrogen) atoms. The number of halogens is 1. The third-order valence-corrected chi connectivity index (χ3v) is 5.08. The van der Waals surface area contributed by atoms with Crippen LogP contribution in [0.3, 0.4) is 0 Å². The van der Waals surface area contributed by atoms with Gasteiger partial charge in [-0.25, -0.2) is 9.37 Å². The number of carbonyl (C=O) groups is 2. The van der Waals surface area contributed by atoms with Crippen molar-refractivity contribution >= 4 is 28.8 Å². The van der Waals surface area contributed by atoms with Crippen molar-refractivity contribution in [3.05, 3.63) is 53.1 Å². The van der Waals surface area contributed by atoms with Gasteiger partial charge in [0, 0.05) is 29.5 Å². The van der Waals surface area contributed by atoms with E-state index >= 15 is 0 Å². The van der Waals surface area contributed by atoms with E-state index in [1.807, 2.05) is 25.3 Å². The van der Waals surface area contributed by atoms with Crippen LogP contribution in [-0.4, -0.2) is 32.4 Å². The lowest BCUT2D eigenvalue weighted by atomic mass is 10.1. The topological polar surface area (TPSA) is 88.9 Å². The minimum atomic E-state index is -0.506. The van der Waals surface area contributed by atoms with Crippen molar-refractivity contribution in [2.75, 3.05) is 5.32 Å². The number of fused-ring (bicyclic) bond motifs is 1. The first-order valence-corrected chi connectivity index (χ1v) is 9.90. The average Bonchev–Trinajstić information content (AvgIpc) is 3.39. The summed E-state index contributed by atoms with van der Waals surface area (Å²) >= 11 is 0. The molecule has 8 heteroatoms. The molecule has 2 aromatic heterocycles. The Kier molecular flexibility index (Phi) is 4.80. The largest absolute Gasteiger partial charge is 0.349 e. The Hall–Kier alpha value is -3.29. The van der Waals surface area contributed by atoms with E-state index < -0.39 is 11.7 Å². The van der Waals surface area contributed by atoms with Crippen LogP contribution in [0.25, 0.3) is 11.0 Å². The minimum Gasteiger partial charge on any atom is -0.349 e. The van der Waals surface area contributed by atoms with Gasteiger partial charge in [0.1, 0.15) is 11.5 Å². The second-order valence-corrected chi connectivity index (χ2v) is 8.68. The number of aromatic nitrogens is 3. The van der Waals surface area contributed by atoms with Crippen molar-refractivity contribution in [1.29, 1.82) is 0 Å². The Bertz CT molecular complexity index is 1160. The van der Waals surface area contributed by atoms with E-state index in [0.717, 1.165) is 12.8 Å². The van der Waals surface area contributed by atoms with Crippen molar-refractivity contribution in [1.82, 2.24) is 19.9 Å². The third kappa shape index (κ3) is 3.90. The quantitative estimate of drug-likeness (QED) is 0.686. The van der Waals surface area contributed by atoms with Crippen molar-refractivity contribution in [3.63, 3.8) is 0 Å². The van der Waals surface area contributed by atoms with E-state index in [4.69, 9.17) is 0 Å². The molecular weight excluding hydrogens is 385 g/mol. The Morgan fingerprint density at radius 1 is 1.20 bits per heavy atom. The van der Waals surface area contributed by atoms with Gasteiger partial charge in [-0.3, -0.25) is 14.9 Å².